The van der Waals surface area contributed by atoms with Gasteiger partial charge in [0.05, 0.1) is 43.8 Å². The van der Waals surface area contributed by atoms with E-state index < -0.39 is 31.3 Å². The molecule has 2 aromatic heterocycles. The Balaban J connectivity index is 1.73. The van der Waals surface area contributed by atoms with Crippen molar-refractivity contribution in [2.75, 3.05) is 26.5 Å². The first-order chi connectivity index (χ1) is 26.0. The van der Waals surface area contributed by atoms with Crippen LogP contribution in [-0.2, 0) is 34.6 Å². The zero-order chi connectivity index (χ0) is 39.5. The summed E-state index contributed by atoms with van der Waals surface area (Å²) in [6, 6.07) is 7.48. The number of rotatable bonds is 27. The Bertz CT molecular complexity index is 1700. The number of unbranched alkanes of at least 4 members (excludes halogenated alkanes) is 4. The molecular formula is C38H56N3O12P. The van der Waals surface area contributed by atoms with Gasteiger partial charge in [-0.3, -0.25) is 23.8 Å². The second-order valence-corrected chi connectivity index (χ2v) is 14.7. The molecule has 0 saturated heterocycles. The molecule has 0 aliphatic heterocycles. The molecule has 0 radical (unpaired) electrons. The lowest BCUT2D eigenvalue weighted by Gasteiger charge is -2.32. The molecule has 2 atom stereocenters. The van der Waals surface area contributed by atoms with E-state index in [0.29, 0.717) is 48.2 Å². The highest BCUT2D eigenvalue weighted by molar-refractivity contribution is 7.62. The van der Waals surface area contributed by atoms with Crippen molar-refractivity contribution < 1.29 is 50.8 Å². The van der Waals surface area contributed by atoms with E-state index in [1.165, 1.54) is 13.0 Å². The fourth-order valence-corrected chi connectivity index (χ4v) is 7.32. The number of aryl methyl sites for hydroxylation is 1. The van der Waals surface area contributed by atoms with Gasteiger partial charge >= 0.3 is 13.4 Å². The van der Waals surface area contributed by atoms with Crippen molar-refractivity contribution in [1.82, 2.24) is 15.7 Å². The third kappa shape index (κ3) is 13.0. The minimum absolute atomic E-state index is 0.0168. The summed E-state index contributed by atoms with van der Waals surface area (Å²) in [4.78, 5) is 55.9. The van der Waals surface area contributed by atoms with Gasteiger partial charge in [-0.25, -0.2) is 9.86 Å². The van der Waals surface area contributed by atoms with Crippen LogP contribution in [0.25, 0.3) is 11.3 Å². The normalized spacial score (nSPS) is 12.6. The third-order valence-corrected chi connectivity index (χ3v) is 10.5. The van der Waals surface area contributed by atoms with Gasteiger partial charge in [-0.05, 0) is 69.9 Å². The summed E-state index contributed by atoms with van der Waals surface area (Å²) in [5.41, 5.74) is 0.509. The Morgan fingerprint density at radius 1 is 0.907 bits per heavy atom. The largest absolute Gasteiger partial charge is 0.519 e. The fourth-order valence-electron chi connectivity index (χ4n) is 5.62. The van der Waals surface area contributed by atoms with Crippen LogP contribution < -0.4 is 26.5 Å². The van der Waals surface area contributed by atoms with E-state index in [-0.39, 0.29) is 49.7 Å². The van der Waals surface area contributed by atoms with Gasteiger partial charge < -0.3 is 37.7 Å². The number of nitrogens with one attached hydrogen (secondary N) is 2. The van der Waals surface area contributed by atoms with E-state index in [1.54, 1.807) is 24.3 Å². The molecule has 0 spiro atoms. The molecule has 3 rings (SSSR count). The minimum atomic E-state index is -3.71. The number of ether oxygens (including phenoxy) is 1. The van der Waals surface area contributed by atoms with E-state index in [9.17, 15) is 23.7 Å². The van der Waals surface area contributed by atoms with Gasteiger partial charge in [0.2, 0.25) is 12.3 Å². The Morgan fingerprint density at radius 2 is 1.61 bits per heavy atom. The molecule has 0 aliphatic rings. The number of hydroxylamine groups is 2. The molecule has 15 nitrogen and oxygen atoms in total. The molecule has 0 unspecified atom stereocenters. The van der Waals surface area contributed by atoms with E-state index in [0.717, 1.165) is 50.0 Å². The van der Waals surface area contributed by atoms with Gasteiger partial charge in [-0.15, -0.1) is 0 Å². The predicted molar refractivity (Wildman–Crippen MR) is 201 cm³/mol. The molecule has 3 amide bonds. The summed E-state index contributed by atoms with van der Waals surface area (Å²) < 4.78 is 47.3. The third-order valence-electron chi connectivity index (χ3n) is 8.61. The summed E-state index contributed by atoms with van der Waals surface area (Å²) >= 11 is 0. The Kier molecular flexibility index (Phi) is 18.8. The maximum atomic E-state index is 14.1. The van der Waals surface area contributed by atoms with Crippen LogP contribution in [0.15, 0.2) is 48.4 Å². The Hall–Kier alpha value is -4.17. The second-order valence-electron chi connectivity index (χ2n) is 12.7. The smallest absolute Gasteiger partial charge is 0.494 e. The first-order valence-electron chi connectivity index (χ1n) is 18.8. The number of benzene rings is 1. The van der Waals surface area contributed by atoms with E-state index in [4.69, 9.17) is 31.9 Å². The summed E-state index contributed by atoms with van der Waals surface area (Å²) in [6.07, 6.45) is 7.03. The topological polar surface area (TPSA) is 189 Å². The van der Waals surface area contributed by atoms with Gasteiger partial charge in [-0.2, -0.15) is 0 Å². The lowest BCUT2D eigenvalue weighted by Crippen LogP contribution is -2.48. The van der Waals surface area contributed by atoms with Crippen LogP contribution in [0, 0.1) is 12.8 Å². The number of carbonyl (C=O) groups is 3. The average Bonchev–Trinajstić information content (AvgIpc) is 3.78. The molecule has 16 heteroatoms. The van der Waals surface area contributed by atoms with Crippen molar-refractivity contribution in [2.24, 2.45) is 5.92 Å². The molecule has 54 heavy (non-hydrogen) atoms. The number of nitrogens with zero attached hydrogens (tertiary/aromatic N) is 1. The minimum Gasteiger partial charge on any atom is -0.494 e. The predicted octanol–water partition coefficient (Wildman–Crippen LogP) is 7.02. The number of hydrogen-bond acceptors (Lipinski definition) is 12. The van der Waals surface area contributed by atoms with Crippen molar-refractivity contribution >= 4 is 31.1 Å². The fraction of sp³-hybridized carbons (Fsp3) is 0.579. The van der Waals surface area contributed by atoms with Gasteiger partial charge in [-0.1, -0.05) is 59.8 Å². The van der Waals surface area contributed by atoms with Crippen LogP contribution in [0.4, 0.5) is 0 Å². The molecule has 0 aliphatic carbocycles. The van der Waals surface area contributed by atoms with Crippen LogP contribution in [0.1, 0.15) is 114 Å². The number of amides is 3. The van der Waals surface area contributed by atoms with Gasteiger partial charge in [0.15, 0.2) is 11.5 Å². The van der Waals surface area contributed by atoms with Crippen molar-refractivity contribution in [3.8, 4) is 17.1 Å². The van der Waals surface area contributed by atoms with Crippen LogP contribution >= 0.6 is 7.60 Å². The number of carbonyl (C=O) groups excluding carboxylic acids is 3. The Labute approximate surface area is 316 Å². The molecule has 300 valence electrons. The Morgan fingerprint density at radius 3 is 2.20 bits per heavy atom. The molecule has 2 heterocycles. The quantitative estimate of drug-likeness (QED) is 0.0265. The summed E-state index contributed by atoms with van der Waals surface area (Å²) in [7, 11) is -3.71. The highest BCUT2D eigenvalue weighted by Gasteiger charge is 2.33. The second kappa shape index (κ2) is 22.9. The molecule has 0 bridgehead atoms. The van der Waals surface area contributed by atoms with E-state index in [2.05, 4.69) is 10.6 Å². The number of furan rings is 1. The average molecular weight is 778 g/mol. The standard InChI is InChI=1S/C38H56N3O12P/c1-7-12-15-16-31(32(10-4)41(26-42)48-24-35-27(6)51-38(45)53-35)36(43)39-25-40-37(44)34-18-17-33(52-34)28-21-29(47-11-5)23-30(22-28)54(46,49-19-13-8-2)50-20-14-9-3/h17-18,21-23,26,31-32H,7-16,19-20,24-25H2,1-6H3,(H,39,43)(H,40,44)/t31-,32-/m1/s1. The van der Waals surface area contributed by atoms with Crippen molar-refractivity contribution in [3.05, 3.63) is 58.2 Å². The molecule has 1 aromatic carbocycles. The maximum absolute atomic E-state index is 14.1. The van der Waals surface area contributed by atoms with E-state index >= 15 is 0 Å². The van der Waals surface area contributed by atoms with Crippen LogP contribution in [0.2, 0.25) is 0 Å². The monoisotopic (exact) mass is 777 g/mol. The van der Waals surface area contributed by atoms with Gasteiger partial charge in [0, 0.05) is 5.56 Å². The SMILES string of the molecule is CCCCC[C@@H](C(=O)NCNC(=O)c1ccc(-c2cc(OCC)cc(P(=O)(OCCCC)OCCCC)c2)o1)[C@@H](CC)N(C=O)OCc1oc(=O)oc1C. The molecule has 0 fully saturated rings. The molecule has 3 aromatic rings. The first kappa shape index (κ1) is 44.2. The molecule has 2 N–H and O–H groups in total. The van der Waals surface area contributed by atoms with Gasteiger partial charge in [0.25, 0.3) is 5.91 Å². The van der Waals surface area contributed by atoms with Crippen molar-refractivity contribution in [3.63, 3.8) is 0 Å². The van der Waals surface area contributed by atoms with Crippen molar-refractivity contribution in [1.29, 1.82) is 0 Å². The number of hydrogen-bond donors (Lipinski definition) is 2. The zero-order valence-electron chi connectivity index (χ0n) is 32.3. The summed E-state index contributed by atoms with van der Waals surface area (Å²) in [6.45, 7) is 11.7. The zero-order valence-corrected chi connectivity index (χ0v) is 33.2. The first-order valence-corrected chi connectivity index (χ1v) is 20.4. The highest BCUT2D eigenvalue weighted by atomic mass is 31.2. The van der Waals surface area contributed by atoms with E-state index in [1.807, 2.05) is 34.6 Å². The highest BCUT2D eigenvalue weighted by Crippen LogP contribution is 2.49. The molecular weight excluding hydrogens is 721 g/mol. The molecule has 0 saturated carbocycles. The van der Waals surface area contributed by atoms with Crippen LogP contribution in [0.3, 0.4) is 0 Å². The summed E-state index contributed by atoms with van der Waals surface area (Å²) in [5, 5.41) is 6.79. The lowest BCUT2D eigenvalue weighted by molar-refractivity contribution is -0.202. The van der Waals surface area contributed by atoms with Crippen LogP contribution in [-0.4, -0.2) is 55.8 Å². The van der Waals surface area contributed by atoms with Crippen LogP contribution in [0.5, 0.6) is 5.75 Å². The lowest BCUT2D eigenvalue weighted by atomic mass is 9.90. The maximum Gasteiger partial charge on any atom is 0.519 e. The van der Waals surface area contributed by atoms with Crippen molar-refractivity contribution in [2.45, 2.75) is 112 Å². The van der Waals surface area contributed by atoms with Gasteiger partial charge in [0.1, 0.15) is 23.9 Å². The summed E-state index contributed by atoms with van der Waals surface area (Å²) in [5.74, 6) is -1.41.